The molecule has 0 fully saturated rings. The highest BCUT2D eigenvalue weighted by Crippen LogP contribution is 2.36. The van der Waals surface area contributed by atoms with Crippen molar-refractivity contribution in [1.29, 1.82) is 0 Å². The number of methoxy groups -OCH3 is 1. The van der Waals surface area contributed by atoms with Crippen molar-refractivity contribution in [3.8, 4) is 22.9 Å². The van der Waals surface area contributed by atoms with Crippen LogP contribution in [0.4, 0.5) is 0 Å². The van der Waals surface area contributed by atoms with Crippen LogP contribution in [0.25, 0.3) is 11.4 Å². The van der Waals surface area contributed by atoms with Gasteiger partial charge in [0.05, 0.1) is 19.3 Å². The summed E-state index contributed by atoms with van der Waals surface area (Å²) in [6.45, 7) is 2.73. The molecule has 1 aromatic carbocycles. The van der Waals surface area contributed by atoms with E-state index in [4.69, 9.17) is 9.47 Å². The molecule has 1 heterocycles. The Kier molecular flexibility index (Phi) is 4.12. The van der Waals surface area contributed by atoms with Crippen molar-refractivity contribution in [1.82, 2.24) is 9.97 Å². The van der Waals surface area contributed by atoms with E-state index in [-0.39, 0.29) is 0 Å². The number of hydrogen-bond donors (Lipinski definition) is 0. The molecule has 2 aromatic rings. The average Bonchev–Trinajstić information content (AvgIpc) is 2.45. The number of hydrogen-bond acceptors (Lipinski definition) is 4. The first kappa shape index (κ1) is 12.4. The third-order valence-corrected chi connectivity index (χ3v) is 2.45. The lowest BCUT2D eigenvalue weighted by Gasteiger charge is -2.13. The molecule has 2 rings (SSSR count). The lowest BCUT2D eigenvalue weighted by Crippen LogP contribution is -1.99. The Morgan fingerprint density at radius 2 is 1.89 bits per heavy atom. The number of nitrogens with zero attached hydrogens (tertiary/aromatic N) is 2. The quantitative estimate of drug-likeness (QED) is 0.811. The van der Waals surface area contributed by atoms with Gasteiger partial charge in [-0.2, -0.15) is 0 Å². The first-order chi connectivity index (χ1) is 8.86. The van der Waals surface area contributed by atoms with Crippen LogP contribution in [0.2, 0.25) is 0 Å². The van der Waals surface area contributed by atoms with Crippen LogP contribution in [0.5, 0.6) is 11.5 Å². The summed E-state index contributed by atoms with van der Waals surface area (Å²) in [5.74, 6) is 2.04. The standard InChI is InChI=1S/C14H16N2O2/c1-3-10-18-12-7-4-6-11(13(12)17-2)14-15-8-5-9-16-14/h4-9H,3,10H2,1-2H3. The predicted octanol–water partition coefficient (Wildman–Crippen LogP) is 2.94. The van der Waals surface area contributed by atoms with Gasteiger partial charge in [0.2, 0.25) is 0 Å². The van der Waals surface area contributed by atoms with Gasteiger partial charge in [0, 0.05) is 12.4 Å². The van der Waals surface area contributed by atoms with Gasteiger partial charge in [0.25, 0.3) is 0 Å². The van der Waals surface area contributed by atoms with Crippen molar-refractivity contribution < 1.29 is 9.47 Å². The second-order valence-electron chi connectivity index (χ2n) is 3.76. The van der Waals surface area contributed by atoms with Gasteiger partial charge in [-0.05, 0) is 24.6 Å². The Labute approximate surface area is 107 Å². The number of ether oxygens (including phenoxy) is 2. The highest BCUT2D eigenvalue weighted by molar-refractivity contribution is 5.68. The Hall–Kier alpha value is -2.10. The summed E-state index contributed by atoms with van der Waals surface area (Å²) < 4.78 is 11.1. The van der Waals surface area contributed by atoms with E-state index in [0.29, 0.717) is 18.2 Å². The minimum atomic E-state index is 0.635. The van der Waals surface area contributed by atoms with E-state index in [1.807, 2.05) is 18.2 Å². The highest BCUT2D eigenvalue weighted by atomic mass is 16.5. The van der Waals surface area contributed by atoms with E-state index < -0.39 is 0 Å². The van der Waals surface area contributed by atoms with Gasteiger partial charge >= 0.3 is 0 Å². The molecule has 0 aliphatic carbocycles. The Morgan fingerprint density at radius 1 is 1.11 bits per heavy atom. The molecule has 0 atom stereocenters. The van der Waals surface area contributed by atoms with E-state index in [1.54, 1.807) is 25.6 Å². The van der Waals surface area contributed by atoms with E-state index >= 15 is 0 Å². The third kappa shape index (κ3) is 2.59. The second kappa shape index (κ2) is 6.00. The molecule has 94 valence electrons. The Morgan fingerprint density at radius 3 is 2.56 bits per heavy atom. The lowest BCUT2D eigenvalue weighted by atomic mass is 10.1. The molecule has 18 heavy (non-hydrogen) atoms. The Balaban J connectivity index is 2.41. The van der Waals surface area contributed by atoms with Gasteiger partial charge in [-0.25, -0.2) is 9.97 Å². The summed E-state index contributed by atoms with van der Waals surface area (Å²) in [6.07, 6.45) is 4.37. The van der Waals surface area contributed by atoms with Crippen molar-refractivity contribution in [2.24, 2.45) is 0 Å². The Bertz CT molecular complexity index is 500. The van der Waals surface area contributed by atoms with E-state index in [9.17, 15) is 0 Å². The highest BCUT2D eigenvalue weighted by Gasteiger charge is 2.13. The maximum Gasteiger partial charge on any atom is 0.171 e. The largest absolute Gasteiger partial charge is 0.492 e. The van der Waals surface area contributed by atoms with Crippen LogP contribution in [0, 0.1) is 0 Å². The monoisotopic (exact) mass is 244 g/mol. The van der Waals surface area contributed by atoms with Gasteiger partial charge in [-0.3, -0.25) is 0 Å². The number of benzene rings is 1. The zero-order valence-corrected chi connectivity index (χ0v) is 10.6. The maximum atomic E-state index is 5.66. The summed E-state index contributed by atoms with van der Waals surface area (Å²) in [5.41, 5.74) is 0.840. The number of aromatic nitrogens is 2. The molecule has 0 spiro atoms. The number of para-hydroxylation sites is 1. The summed E-state index contributed by atoms with van der Waals surface area (Å²) in [5, 5.41) is 0. The van der Waals surface area contributed by atoms with Crippen LogP contribution < -0.4 is 9.47 Å². The lowest BCUT2D eigenvalue weighted by molar-refractivity contribution is 0.295. The maximum absolute atomic E-state index is 5.66. The van der Waals surface area contributed by atoms with Gasteiger partial charge in [-0.15, -0.1) is 0 Å². The zero-order chi connectivity index (χ0) is 12.8. The van der Waals surface area contributed by atoms with Gasteiger partial charge in [0.15, 0.2) is 17.3 Å². The first-order valence-corrected chi connectivity index (χ1v) is 5.94. The fourth-order valence-electron chi connectivity index (χ4n) is 1.67. The van der Waals surface area contributed by atoms with E-state index in [2.05, 4.69) is 16.9 Å². The molecule has 0 saturated carbocycles. The zero-order valence-electron chi connectivity index (χ0n) is 10.6. The molecule has 1 aromatic heterocycles. The van der Waals surface area contributed by atoms with Crippen LogP contribution in [0.3, 0.4) is 0 Å². The summed E-state index contributed by atoms with van der Waals surface area (Å²) in [6, 6.07) is 7.51. The molecule has 0 amide bonds. The molecular formula is C14H16N2O2. The van der Waals surface area contributed by atoms with Gasteiger partial charge < -0.3 is 9.47 Å². The summed E-state index contributed by atoms with van der Waals surface area (Å²) >= 11 is 0. The van der Waals surface area contributed by atoms with Crippen molar-refractivity contribution in [2.45, 2.75) is 13.3 Å². The molecule has 0 unspecified atom stereocenters. The molecule has 4 heteroatoms. The number of rotatable bonds is 5. The molecule has 0 radical (unpaired) electrons. The topological polar surface area (TPSA) is 44.2 Å². The second-order valence-corrected chi connectivity index (χ2v) is 3.76. The van der Waals surface area contributed by atoms with Crippen molar-refractivity contribution in [3.63, 3.8) is 0 Å². The minimum Gasteiger partial charge on any atom is -0.492 e. The molecule has 0 aliphatic rings. The van der Waals surface area contributed by atoms with Crippen LogP contribution >= 0.6 is 0 Å². The predicted molar refractivity (Wildman–Crippen MR) is 69.8 cm³/mol. The summed E-state index contributed by atoms with van der Waals surface area (Å²) in [4.78, 5) is 8.46. The smallest absolute Gasteiger partial charge is 0.171 e. The average molecular weight is 244 g/mol. The van der Waals surface area contributed by atoms with Crippen molar-refractivity contribution >= 4 is 0 Å². The van der Waals surface area contributed by atoms with E-state index in [1.165, 1.54) is 0 Å². The van der Waals surface area contributed by atoms with Gasteiger partial charge in [0.1, 0.15) is 0 Å². The molecule has 0 aliphatic heterocycles. The summed E-state index contributed by atoms with van der Waals surface area (Å²) in [7, 11) is 1.63. The van der Waals surface area contributed by atoms with Crippen LogP contribution in [0.15, 0.2) is 36.7 Å². The SMILES string of the molecule is CCCOc1cccc(-c2ncccn2)c1OC. The molecule has 4 nitrogen and oxygen atoms in total. The van der Waals surface area contributed by atoms with Crippen LogP contribution in [-0.4, -0.2) is 23.7 Å². The fourth-order valence-corrected chi connectivity index (χ4v) is 1.67. The van der Waals surface area contributed by atoms with E-state index in [0.717, 1.165) is 17.7 Å². The van der Waals surface area contributed by atoms with Crippen molar-refractivity contribution in [3.05, 3.63) is 36.7 Å². The molecular weight excluding hydrogens is 228 g/mol. The van der Waals surface area contributed by atoms with Crippen molar-refractivity contribution in [2.75, 3.05) is 13.7 Å². The first-order valence-electron chi connectivity index (χ1n) is 5.94. The molecule has 0 saturated heterocycles. The fraction of sp³-hybridized carbons (Fsp3) is 0.286. The molecule has 0 N–H and O–H groups in total. The minimum absolute atomic E-state index is 0.635. The van der Waals surface area contributed by atoms with Crippen LogP contribution in [-0.2, 0) is 0 Å². The van der Waals surface area contributed by atoms with Gasteiger partial charge in [-0.1, -0.05) is 13.0 Å². The normalized spacial score (nSPS) is 10.1. The molecule has 0 bridgehead atoms. The van der Waals surface area contributed by atoms with Crippen LogP contribution in [0.1, 0.15) is 13.3 Å². The third-order valence-electron chi connectivity index (χ3n) is 2.45.